The SMILES string of the molecule is N[C@@H](C(=O)N1CCC[C@@H]1C(=O)c1nccs1)C1CCCCC1. The summed E-state index contributed by atoms with van der Waals surface area (Å²) in [4.78, 5) is 31.1. The number of thiazole rings is 1. The molecule has 2 heterocycles. The fourth-order valence-electron chi connectivity index (χ4n) is 3.68. The average Bonchev–Trinajstić information content (AvgIpc) is 3.25. The number of nitrogens with zero attached hydrogens (tertiary/aromatic N) is 2. The van der Waals surface area contributed by atoms with Gasteiger partial charge in [-0.3, -0.25) is 9.59 Å². The van der Waals surface area contributed by atoms with Crippen molar-refractivity contribution in [3.8, 4) is 0 Å². The van der Waals surface area contributed by atoms with Gasteiger partial charge >= 0.3 is 0 Å². The highest BCUT2D eigenvalue weighted by molar-refractivity contribution is 7.11. The first-order valence-electron chi connectivity index (χ1n) is 8.18. The monoisotopic (exact) mass is 321 g/mol. The number of hydrogen-bond acceptors (Lipinski definition) is 5. The summed E-state index contributed by atoms with van der Waals surface area (Å²) in [6.07, 6.45) is 8.85. The smallest absolute Gasteiger partial charge is 0.240 e. The van der Waals surface area contributed by atoms with E-state index in [0.717, 1.165) is 38.5 Å². The summed E-state index contributed by atoms with van der Waals surface area (Å²) >= 11 is 1.34. The second kappa shape index (κ2) is 6.87. The molecule has 120 valence electrons. The molecule has 2 N–H and O–H groups in total. The van der Waals surface area contributed by atoms with Crippen LogP contribution in [0, 0.1) is 5.92 Å². The third kappa shape index (κ3) is 3.08. The summed E-state index contributed by atoms with van der Waals surface area (Å²) in [7, 11) is 0. The van der Waals surface area contributed by atoms with E-state index in [1.165, 1.54) is 17.8 Å². The standard InChI is InChI=1S/C16H23N3O2S/c17-13(11-5-2-1-3-6-11)16(21)19-9-4-7-12(19)14(20)15-18-8-10-22-15/h8,10-13H,1-7,9,17H2/t12-,13-/m1/s1. The molecule has 0 unspecified atom stereocenters. The highest BCUT2D eigenvalue weighted by Gasteiger charge is 2.39. The fraction of sp³-hybridized carbons (Fsp3) is 0.688. The van der Waals surface area contributed by atoms with Crippen molar-refractivity contribution < 1.29 is 9.59 Å². The van der Waals surface area contributed by atoms with Crippen LogP contribution in [0.2, 0.25) is 0 Å². The second-order valence-electron chi connectivity index (χ2n) is 6.32. The van der Waals surface area contributed by atoms with Gasteiger partial charge in [0, 0.05) is 18.1 Å². The summed E-state index contributed by atoms with van der Waals surface area (Å²) in [5, 5.41) is 2.29. The van der Waals surface area contributed by atoms with Crippen molar-refractivity contribution in [2.24, 2.45) is 11.7 Å². The van der Waals surface area contributed by atoms with Crippen LogP contribution in [0.5, 0.6) is 0 Å². The van der Waals surface area contributed by atoms with Gasteiger partial charge in [0.25, 0.3) is 0 Å². The van der Waals surface area contributed by atoms with Crippen LogP contribution in [-0.4, -0.2) is 40.2 Å². The zero-order valence-electron chi connectivity index (χ0n) is 12.7. The van der Waals surface area contributed by atoms with Crippen molar-refractivity contribution in [1.82, 2.24) is 9.88 Å². The number of rotatable bonds is 4. The molecule has 1 aromatic rings. The minimum Gasteiger partial charge on any atom is -0.331 e. The first kappa shape index (κ1) is 15.6. The van der Waals surface area contributed by atoms with Gasteiger partial charge in [0.1, 0.15) is 0 Å². The normalized spacial score (nSPS) is 24.4. The van der Waals surface area contributed by atoms with E-state index >= 15 is 0 Å². The maximum absolute atomic E-state index is 12.8. The van der Waals surface area contributed by atoms with Crippen molar-refractivity contribution in [1.29, 1.82) is 0 Å². The Morgan fingerprint density at radius 1 is 1.23 bits per heavy atom. The van der Waals surface area contributed by atoms with Crippen molar-refractivity contribution in [2.75, 3.05) is 6.54 Å². The number of carbonyl (C=O) groups excluding carboxylic acids is 2. The summed E-state index contributed by atoms with van der Waals surface area (Å²) < 4.78 is 0. The van der Waals surface area contributed by atoms with Gasteiger partial charge in [-0.25, -0.2) is 4.98 Å². The molecule has 0 spiro atoms. The van der Waals surface area contributed by atoms with E-state index in [1.54, 1.807) is 16.5 Å². The Morgan fingerprint density at radius 3 is 2.68 bits per heavy atom. The number of aromatic nitrogens is 1. The van der Waals surface area contributed by atoms with E-state index in [4.69, 9.17) is 5.73 Å². The number of hydrogen-bond donors (Lipinski definition) is 1. The van der Waals surface area contributed by atoms with Crippen LogP contribution < -0.4 is 5.73 Å². The molecule has 1 saturated carbocycles. The molecule has 0 aromatic carbocycles. The third-order valence-corrected chi connectivity index (χ3v) is 5.71. The molecule has 1 aliphatic heterocycles. The molecule has 2 aliphatic rings. The number of carbonyl (C=O) groups is 2. The van der Waals surface area contributed by atoms with E-state index in [2.05, 4.69) is 4.98 Å². The summed E-state index contributed by atoms with van der Waals surface area (Å²) in [6, 6.07) is -0.821. The lowest BCUT2D eigenvalue weighted by atomic mass is 9.83. The van der Waals surface area contributed by atoms with E-state index in [-0.39, 0.29) is 23.7 Å². The Balaban J connectivity index is 1.69. The van der Waals surface area contributed by atoms with Gasteiger partial charge in [0.2, 0.25) is 11.7 Å². The average molecular weight is 321 g/mol. The molecule has 1 saturated heterocycles. The molecule has 5 nitrogen and oxygen atoms in total. The van der Waals surface area contributed by atoms with Gasteiger partial charge in [-0.1, -0.05) is 19.3 Å². The molecular formula is C16H23N3O2S. The van der Waals surface area contributed by atoms with Crippen molar-refractivity contribution in [2.45, 2.75) is 57.0 Å². The molecule has 1 aromatic heterocycles. The Labute approximate surface area is 134 Å². The van der Waals surface area contributed by atoms with E-state index in [9.17, 15) is 9.59 Å². The van der Waals surface area contributed by atoms with Crippen LogP contribution in [0.25, 0.3) is 0 Å². The molecule has 2 atom stereocenters. The summed E-state index contributed by atoms with van der Waals surface area (Å²) in [5.41, 5.74) is 6.24. The van der Waals surface area contributed by atoms with Crippen molar-refractivity contribution in [3.05, 3.63) is 16.6 Å². The Hall–Kier alpha value is -1.27. The maximum Gasteiger partial charge on any atom is 0.240 e. The Bertz CT molecular complexity index is 526. The van der Waals surface area contributed by atoms with Crippen LogP contribution in [0.15, 0.2) is 11.6 Å². The predicted molar refractivity (Wildman–Crippen MR) is 85.7 cm³/mol. The van der Waals surface area contributed by atoms with Crippen LogP contribution >= 0.6 is 11.3 Å². The second-order valence-corrected chi connectivity index (χ2v) is 7.21. The largest absolute Gasteiger partial charge is 0.331 e. The van der Waals surface area contributed by atoms with Crippen LogP contribution in [-0.2, 0) is 4.79 Å². The van der Waals surface area contributed by atoms with Crippen molar-refractivity contribution in [3.63, 3.8) is 0 Å². The molecule has 1 aliphatic carbocycles. The molecular weight excluding hydrogens is 298 g/mol. The first-order chi connectivity index (χ1) is 10.7. The highest BCUT2D eigenvalue weighted by Crippen LogP contribution is 2.29. The number of ketones is 1. The molecule has 6 heteroatoms. The lowest BCUT2D eigenvalue weighted by molar-refractivity contribution is -0.134. The van der Waals surface area contributed by atoms with Crippen LogP contribution in [0.3, 0.4) is 0 Å². The van der Waals surface area contributed by atoms with Crippen LogP contribution in [0.4, 0.5) is 0 Å². The lowest BCUT2D eigenvalue weighted by Gasteiger charge is -2.31. The van der Waals surface area contributed by atoms with E-state index < -0.39 is 6.04 Å². The highest BCUT2D eigenvalue weighted by atomic mass is 32.1. The minimum atomic E-state index is -0.454. The lowest BCUT2D eigenvalue weighted by Crippen LogP contribution is -2.51. The predicted octanol–water partition coefficient (Wildman–Crippen LogP) is 2.22. The zero-order valence-corrected chi connectivity index (χ0v) is 13.6. The molecule has 0 bridgehead atoms. The number of likely N-dealkylation sites (tertiary alicyclic amines) is 1. The van der Waals surface area contributed by atoms with Gasteiger partial charge in [0.15, 0.2) is 5.01 Å². The zero-order chi connectivity index (χ0) is 15.5. The van der Waals surface area contributed by atoms with E-state index in [1.807, 2.05) is 0 Å². The molecule has 22 heavy (non-hydrogen) atoms. The number of amides is 1. The minimum absolute atomic E-state index is 0.0308. The fourth-order valence-corrected chi connectivity index (χ4v) is 4.30. The summed E-state index contributed by atoms with van der Waals surface area (Å²) in [5.74, 6) is 0.202. The number of Topliss-reactive ketones (excluding diaryl/α,β-unsaturated/α-hetero) is 1. The van der Waals surface area contributed by atoms with Gasteiger partial charge in [0.05, 0.1) is 12.1 Å². The third-order valence-electron chi connectivity index (χ3n) is 4.92. The number of nitrogens with two attached hydrogens (primary N) is 1. The topological polar surface area (TPSA) is 76.3 Å². The first-order valence-corrected chi connectivity index (χ1v) is 9.06. The summed E-state index contributed by atoms with van der Waals surface area (Å²) in [6.45, 7) is 0.640. The quantitative estimate of drug-likeness (QED) is 0.863. The molecule has 1 amide bonds. The molecule has 0 radical (unpaired) electrons. The van der Waals surface area contributed by atoms with Gasteiger partial charge in [-0.15, -0.1) is 11.3 Å². The van der Waals surface area contributed by atoms with Crippen molar-refractivity contribution >= 4 is 23.0 Å². The van der Waals surface area contributed by atoms with Gasteiger partial charge in [-0.2, -0.15) is 0 Å². The Kier molecular flexibility index (Phi) is 4.88. The van der Waals surface area contributed by atoms with Crippen LogP contribution in [0.1, 0.15) is 54.7 Å². The Morgan fingerprint density at radius 2 is 2.00 bits per heavy atom. The van der Waals surface area contributed by atoms with Gasteiger partial charge in [-0.05, 0) is 31.6 Å². The maximum atomic E-state index is 12.8. The molecule has 2 fully saturated rings. The van der Waals surface area contributed by atoms with E-state index in [0.29, 0.717) is 11.6 Å². The molecule has 3 rings (SSSR count). The van der Waals surface area contributed by atoms with Gasteiger partial charge < -0.3 is 10.6 Å².